The molecule has 3 aliphatic rings. The summed E-state index contributed by atoms with van der Waals surface area (Å²) in [7, 11) is -7.82. The van der Waals surface area contributed by atoms with Crippen LogP contribution in [0.5, 0.6) is 0 Å². The lowest BCUT2D eigenvalue weighted by atomic mass is 10.1. The number of alkyl carbamates (subject to hydrolysis) is 1. The molecule has 3 fully saturated rings. The number of nitrogens with one attached hydrogen (secondary N) is 4. The van der Waals surface area contributed by atoms with Gasteiger partial charge in [-0.3, -0.25) is 19.1 Å². The molecule has 3 rings (SSSR count). The molecule has 16 heteroatoms. The highest BCUT2D eigenvalue weighted by Crippen LogP contribution is 2.45. The van der Waals surface area contributed by atoms with Gasteiger partial charge in [0.1, 0.15) is 23.2 Å². The molecule has 0 aromatic heterocycles. The summed E-state index contributed by atoms with van der Waals surface area (Å²) in [6, 6.07) is -2.48. The van der Waals surface area contributed by atoms with Gasteiger partial charge in [0.2, 0.25) is 31.9 Å². The number of amides is 4. The van der Waals surface area contributed by atoms with Gasteiger partial charge in [-0.15, -0.1) is 6.58 Å². The van der Waals surface area contributed by atoms with E-state index in [-0.39, 0.29) is 19.4 Å². The summed E-state index contributed by atoms with van der Waals surface area (Å²) in [6.45, 7) is 11.3. The Morgan fingerprint density at radius 2 is 1.75 bits per heavy atom. The third kappa shape index (κ3) is 7.60. The van der Waals surface area contributed by atoms with Crippen molar-refractivity contribution in [2.75, 3.05) is 13.1 Å². The molecule has 0 aromatic rings. The maximum Gasteiger partial charge on any atom is 0.408 e. The summed E-state index contributed by atoms with van der Waals surface area (Å²) in [4.78, 5) is 53.5. The van der Waals surface area contributed by atoms with Crippen molar-refractivity contribution in [1.82, 2.24) is 25.0 Å². The van der Waals surface area contributed by atoms with Crippen LogP contribution in [0.15, 0.2) is 24.6 Å². The molecule has 1 saturated heterocycles. The first-order chi connectivity index (χ1) is 18.4. The molecule has 40 heavy (non-hydrogen) atoms. The molecule has 0 radical (unpaired) electrons. The van der Waals surface area contributed by atoms with E-state index in [0.29, 0.717) is 24.7 Å². The Kier molecular flexibility index (Phi) is 9.06. The number of hydrogen-bond acceptors (Lipinski definition) is 9. The second-order valence-electron chi connectivity index (χ2n) is 11.1. The van der Waals surface area contributed by atoms with Crippen molar-refractivity contribution in [3.05, 3.63) is 24.6 Å². The van der Waals surface area contributed by atoms with E-state index in [1.54, 1.807) is 20.8 Å². The minimum absolute atomic E-state index is 0.123. The summed E-state index contributed by atoms with van der Waals surface area (Å²) >= 11 is 0. The van der Waals surface area contributed by atoms with Crippen LogP contribution in [-0.4, -0.2) is 87.1 Å². The predicted molar refractivity (Wildman–Crippen MR) is 144 cm³/mol. The Morgan fingerprint density at radius 3 is 2.27 bits per heavy atom. The first-order valence-corrected chi connectivity index (χ1v) is 16.0. The van der Waals surface area contributed by atoms with Crippen molar-refractivity contribution >= 4 is 43.9 Å². The van der Waals surface area contributed by atoms with Crippen molar-refractivity contribution < 1.29 is 40.8 Å². The third-order valence-corrected chi connectivity index (χ3v) is 9.61. The normalized spacial score (nSPS) is 25.3. The van der Waals surface area contributed by atoms with Gasteiger partial charge in [-0.25, -0.2) is 26.4 Å². The second kappa shape index (κ2) is 11.5. The van der Waals surface area contributed by atoms with E-state index in [1.807, 2.05) is 0 Å². The van der Waals surface area contributed by atoms with Crippen LogP contribution in [0.25, 0.3) is 0 Å². The topological polar surface area (TPSA) is 197 Å². The predicted octanol–water partition coefficient (Wildman–Crippen LogP) is -0.397. The fourth-order valence-corrected chi connectivity index (χ4v) is 6.31. The summed E-state index contributed by atoms with van der Waals surface area (Å²) < 4.78 is 57.9. The molecule has 224 valence electrons. The Hall–Kier alpha value is -2.98. The fraction of sp³-hybridized carbons (Fsp3) is 0.667. The molecule has 2 aliphatic carbocycles. The van der Waals surface area contributed by atoms with E-state index in [4.69, 9.17) is 4.74 Å². The Labute approximate surface area is 234 Å². The highest BCUT2D eigenvalue weighted by atomic mass is 32.2. The molecule has 4 N–H and O–H groups in total. The highest BCUT2D eigenvalue weighted by molar-refractivity contribution is 7.92. The van der Waals surface area contributed by atoms with Gasteiger partial charge < -0.3 is 20.3 Å². The lowest BCUT2D eigenvalue weighted by Crippen LogP contribution is -2.59. The SMILES string of the molecule is C=C[C@@H]1C[C@]1(NC(=O)[C@@H]1CCCN1C(=O)[C@H](CNS(=O)(=O)C=C)NC(=O)OC(C)(C)C)C(=O)NS(=O)(=O)C1CC1. The van der Waals surface area contributed by atoms with Crippen LogP contribution in [0.2, 0.25) is 0 Å². The van der Waals surface area contributed by atoms with E-state index < -0.39 is 84.8 Å². The monoisotopic (exact) mass is 603 g/mol. The number of sulfonamides is 2. The molecule has 4 atom stereocenters. The number of ether oxygens (including phenoxy) is 1. The van der Waals surface area contributed by atoms with Crippen LogP contribution in [0.1, 0.15) is 52.9 Å². The van der Waals surface area contributed by atoms with E-state index in [1.165, 1.54) is 11.0 Å². The van der Waals surface area contributed by atoms with Gasteiger partial charge in [-0.1, -0.05) is 12.7 Å². The summed E-state index contributed by atoms with van der Waals surface area (Å²) in [5.41, 5.74) is -2.42. The maximum atomic E-state index is 13.5. The molecule has 1 aliphatic heterocycles. The lowest BCUT2D eigenvalue weighted by molar-refractivity contribution is -0.141. The third-order valence-electron chi connectivity index (χ3n) is 6.78. The highest BCUT2D eigenvalue weighted by Gasteiger charge is 2.61. The smallest absolute Gasteiger partial charge is 0.408 e. The van der Waals surface area contributed by atoms with Gasteiger partial charge >= 0.3 is 6.09 Å². The first-order valence-electron chi connectivity index (χ1n) is 12.9. The zero-order chi connectivity index (χ0) is 30.1. The zero-order valence-electron chi connectivity index (χ0n) is 22.8. The van der Waals surface area contributed by atoms with E-state index >= 15 is 0 Å². The summed E-state index contributed by atoms with van der Waals surface area (Å²) in [6.07, 6.45) is 2.17. The van der Waals surface area contributed by atoms with Gasteiger partial charge in [0, 0.05) is 24.4 Å². The molecule has 0 spiro atoms. The zero-order valence-corrected chi connectivity index (χ0v) is 24.4. The Morgan fingerprint density at radius 1 is 1.10 bits per heavy atom. The van der Waals surface area contributed by atoms with Crippen molar-refractivity contribution in [3.8, 4) is 0 Å². The summed E-state index contributed by atoms with van der Waals surface area (Å²) in [5, 5.41) is 5.00. The standard InChI is InChI=1S/C24H37N5O9S2/c1-6-15-13-24(15,21(32)28-40(36,37)16-10-11-16)27-19(30)18-9-8-12-29(18)20(31)17(14-25-39(34,35)7-2)26-22(33)38-23(3,4)5/h6-7,15-18,25H,1-2,8-14H2,3-5H3,(H,26,33)(H,27,30)(H,28,32)/t15-,17+,18+,24-/m1/s1. The number of nitrogens with zero attached hydrogens (tertiary/aromatic N) is 1. The van der Waals surface area contributed by atoms with Crippen molar-refractivity contribution in [1.29, 1.82) is 0 Å². The van der Waals surface area contributed by atoms with E-state index in [9.17, 15) is 36.0 Å². The summed E-state index contributed by atoms with van der Waals surface area (Å²) in [5.74, 6) is -2.80. The quantitative estimate of drug-likeness (QED) is 0.215. The number of rotatable bonds is 12. The molecule has 1 heterocycles. The average Bonchev–Trinajstić information content (AvgIpc) is 3.76. The van der Waals surface area contributed by atoms with Crippen molar-refractivity contribution in [2.45, 2.75) is 81.3 Å². The number of carbonyl (C=O) groups is 4. The number of likely N-dealkylation sites (tertiary alicyclic amines) is 1. The average molecular weight is 604 g/mol. The van der Waals surface area contributed by atoms with Gasteiger partial charge in [0.05, 0.1) is 5.25 Å². The van der Waals surface area contributed by atoms with Crippen LogP contribution >= 0.6 is 0 Å². The van der Waals surface area contributed by atoms with Gasteiger partial charge in [-0.05, 0) is 52.9 Å². The minimum Gasteiger partial charge on any atom is -0.444 e. The van der Waals surface area contributed by atoms with Crippen LogP contribution < -0.4 is 20.1 Å². The molecular weight excluding hydrogens is 566 g/mol. The maximum absolute atomic E-state index is 13.5. The van der Waals surface area contributed by atoms with Crippen LogP contribution in [0.3, 0.4) is 0 Å². The minimum atomic E-state index is -3.95. The van der Waals surface area contributed by atoms with Crippen LogP contribution in [-0.2, 0) is 39.2 Å². The second-order valence-corrected chi connectivity index (χ2v) is 14.8. The van der Waals surface area contributed by atoms with E-state index in [2.05, 4.69) is 33.2 Å². The van der Waals surface area contributed by atoms with E-state index in [0.717, 1.165) is 0 Å². The molecule has 0 bridgehead atoms. The first kappa shape index (κ1) is 31.5. The largest absolute Gasteiger partial charge is 0.444 e. The molecule has 0 unspecified atom stereocenters. The van der Waals surface area contributed by atoms with Crippen LogP contribution in [0, 0.1) is 5.92 Å². The Bertz CT molecular complexity index is 1290. The molecule has 14 nitrogen and oxygen atoms in total. The van der Waals surface area contributed by atoms with Gasteiger partial charge in [0.15, 0.2) is 0 Å². The molecule has 4 amide bonds. The van der Waals surface area contributed by atoms with Gasteiger partial charge in [-0.2, -0.15) is 0 Å². The molecule has 0 aromatic carbocycles. The lowest BCUT2D eigenvalue weighted by Gasteiger charge is -2.30. The fourth-order valence-electron chi connectivity index (χ4n) is 4.43. The number of hydrogen-bond donors (Lipinski definition) is 4. The van der Waals surface area contributed by atoms with Crippen molar-refractivity contribution in [3.63, 3.8) is 0 Å². The molecule has 2 saturated carbocycles. The van der Waals surface area contributed by atoms with Crippen molar-refractivity contribution in [2.24, 2.45) is 5.92 Å². The Balaban J connectivity index is 1.76. The van der Waals surface area contributed by atoms with Gasteiger partial charge in [0.25, 0.3) is 5.91 Å². The molecular formula is C24H37N5O9S2. The van der Waals surface area contributed by atoms with Crippen LogP contribution in [0.4, 0.5) is 4.79 Å². The number of carbonyl (C=O) groups excluding carboxylic acids is 4.